The van der Waals surface area contributed by atoms with E-state index in [4.69, 9.17) is 9.47 Å². The van der Waals surface area contributed by atoms with E-state index >= 15 is 0 Å². The minimum absolute atomic E-state index is 0.551. The summed E-state index contributed by atoms with van der Waals surface area (Å²) in [6.45, 7) is 2.10. The molecular formula is C15H17N3O2. The summed E-state index contributed by atoms with van der Waals surface area (Å²) in [6.07, 6.45) is 3.98. The van der Waals surface area contributed by atoms with Crippen molar-refractivity contribution in [2.24, 2.45) is 0 Å². The van der Waals surface area contributed by atoms with E-state index in [-0.39, 0.29) is 0 Å². The summed E-state index contributed by atoms with van der Waals surface area (Å²) in [4.78, 5) is 10.7. The first-order valence-electron chi connectivity index (χ1n) is 6.74. The second-order valence-corrected chi connectivity index (χ2v) is 4.69. The molecule has 104 valence electrons. The van der Waals surface area contributed by atoms with Gasteiger partial charge in [-0.05, 0) is 25.0 Å². The summed E-state index contributed by atoms with van der Waals surface area (Å²) in [5.74, 6) is 2.94. The van der Waals surface area contributed by atoms with Crippen molar-refractivity contribution < 1.29 is 9.47 Å². The highest BCUT2D eigenvalue weighted by molar-refractivity contribution is 5.43. The first-order chi connectivity index (χ1) is 9.85. The Hall–Kier alpha value is -2.30. The standard InChI is InChI=1S/C15H17N3O2/c1-19-12-5-4-6-13(9-12)20-15-10-14(16-11-17-15)18-7-2-3-8-18/h4-6,9-11H,2-3,7-8H2,1H3. The van der Waals surface area contributed by atoms with Gasteiger partial charge in [-0.2, -0.15) is 0 Å². The molecule has 1 aromatic heterocycles. The van der Waals surface area contributed by atoms with Crippen LogP contribution in [-0.4, -0.2) is 30.2 Å². The highest BCUT2D eigenvalue weighted by Gasteiger charge is 2.14. The highest BCUT2D eigenvalue weighted by atomic mass is 16.5. The summed E-state index contributed by atoms with van der Waals surface area (Å²) in [5.41, 5.74) is 0. The van der Waals surface area contributed by atoms with Crippen molar-refractivity contribution in [2.75, 3.05) is 25.1 Å². The van der Waals surface area contributed by atoms with Crippen molar-refractivity contribution in [1.82, 2.24) is 9.97 Å². The number of rotatable bonds is 4. The van der Waals surface area contributed by atoms with Gasteiger partial charge in [-0.3, -0.25) is 0 Å². The van der Waals surface area contributed by atoms with E-state index in [1.807, 2.05) is 30.3 Å². The highest BCUT2D eigenvalue weighted by Crippen LogP contribution is 2.26. The number of ether oxygens (including phenoxy) is 2. The zero-order chi connectivity index (χ0) is 13.8. The summed E-state index contributed by atoms with van der Waals surface area (Å²) in [7, 11) is 1.63. The average Bonchev–Trinajstić information content (AvgIpc) is 3.02. The Morgan fingerprint density at radius 2 is 1.85 bits per heavy atom. The SMILES string of the molecule is COc1cccc(Oc2cc(N3CCCC3)ncn2)c1. The number of anilines is 1. The first kappa shape index (κ1) is 12.7. The molecule has 0 amide bonds. The minimum Gasteiger partial charge on any atom is -0.497 e. The largest absolute Gasteiger partial charge is 0.497 e. The fourth-order valence-electron chi connectivity index (χ4n) is 2.29. The topological polar surface area (TPSA) is 47.5 Å². The molecule has 0 bridgehead atoms. The van der Waals surface area contributed by atoms with E-state index in [0.29, 0.717) is 11.6 Å². The molecule has 5 nitrogen and oxygen atoms in total. The lowest BCUT2D eigenvalue weighted by molar-refractivity contribution is 0.407. The monoisotopic (exact) mass is 271 g/mol. The number of aromatic nitrogens is 2. The van der Waals surface area contributed by atoms with Crippen molar-refractivity contribution in [2.45, 2.75) is 12.8 Å². The molecule has 2 aromatic rings. The quantitative estimate of drug-likeness (QED) is 0.855. The van der Waals surface area contributed by atoms with Crippen LogP contribution in [0, 0.1) is 0 Å². The normalized spacial score (nSPS) is 14.3. The van der Waals surface area contributed by atoms with Gasteiger partial charge in [0.15, 0.2) is 0 Å². The van der Waals surface area contributed by atoms with Crippen LogP contribution in [-0.2, 0) is 0 Å². The van der Waals surface area contributed by atoms with Gasteiger partial charge >= 0.3 is 0 Å². The summed E-state index contributed by atoms with van der Waals surface area (Å²) in [5, 5.41) is 0. The third kappa shape index (κ3) is 2.82. The Bertz CT molecular complexity index is 583. The number of methoxy groups -OCH3 is 1. The lowest BCUT2D eigenvalue weighted by atomic mass is 10.3. The molecule has 0 radical (unpaired) electrons. The molecule has 0 aliphatic carbocycles. The molecule has 1 fully saturated rings. The lowest BCUT2D eigenvalue weighted by Gasteiger charge is -2.16. The smallest absolute Gasteiger partial charge is 0.224 e. The maximum absolute atomic E-state index is 5.76. The van der Waals surface area contributed by atoms with Crippen LogP contribution in [0.1, 0.15) is 12.8 Å². The Kier molecular flexibility index (Phi) is 3.67. The van der Waals surface area contributed by atoms with Crippen molar-refractivity contribution in [3.63, 3.8) is 0 Å². The molecule has 0 unspecified atom stereocenters. The van der Waals surface area contributed by atoms with Gasteiger partial charge in [0.1, 0.15) is 23.6 Å². The van der Waals surface area contributed by atoms with E-state index in [0.717, 1.165) is 24.7 Å². The summed E-state index contributed by atoms with van der Waals surface area (Å²) < 4.78 is 10.9. The molecule has 1 aliphatic heterocycles. The van der Waals surface area contributed by atoms with E-state index in [1.54, 1.807) is 13.4 Å². The van der Waals surface area contributed by atoms with Gasteiger partial charge in [-0.25, -0.2) is 9.97 Å². The van der Waals surface area contributed by atoms with Gasteiger partial charge in [0.05, 0.1) is 7.11 Å². The Morgan fingerprint density at radius 3 is 2.65 bits per heavy atom. The molecule has 0 N–H and O–H groups in total. The third-order valence-corrected chi connectivity index (χ3v) is 3.32. The van der Waals surface area contributed by atoms with E-state index in [2.05, 4.69) is 14.9 Å². The number of benzene rings is 1. The van der Waals surface area contributed by atoms with Crippen LogP contribution in [0.25, 0.3) is 0 Å². The van der Waals surface area contributed by atoms with Crippen LogP contribution in [0.2, 0.25) is 0 Å². The van der Waals surface area contributed by atoms with Crippen molar-refractivity contribution in [3.05, 3.63) is 36.7 Å². The van der Waals surface area contributed by atoms with E-state index in [9.17, 15) is 0 Å². The fourth-order valence-corrected chi connectivity index (χ4v) is 2.29. The fraction of sp³-hybridized carbons (Fsp3) is 0.333. The zero-order valence-corrected chi connectivity index (χ0v) is 11.5. The molecule has 0 atom stereocenters. The second kappa shape index (κ2) is 5.77. The molecule has 1 aromatic carbocycles. The second-order valence-electron chi connectivity index (χ2n) is 4.69. The molecule has 20 heavy (non-hydrogen) atoms. The maximum Gasteiger partial charge on any atom is 0.224 e. The van der Waals surface area contributed by atoms with Gasteiger partial charge in [0.2, 0.25) is 5.88 Å². The molecular weight excluding hydrogens is 254 g/mol. The molecule has 0 saturated carbocycles. The van der Waals surface area contributed by atoms with Crippen molar-refractivity contribution in [3.8, 4) is 17.4 Å². The number of hydrogen-bond acceptors (Lipinski definition) is 5. The van der Waals surface area contributed by atoms with Crippen LogP contribution < -0.4 is 14.4 Å². The van der Waals surface area contributed by atoms with Crippen LogP contribution >= 0.6 is 0 Å². The predicted octanol–water partition coefficient (Wildman–Crippen LogP) is 2.88. The van der Waals surface area contributed by atoms with Gasteiger partial charge in [-0.1, -0.05) is 6.07 Å². The van der Waals surface area contributed by atoms with E-state index in [1.165, 1.54) is 12.8 Å². The summed E-state index contributed by atoms with van der Waals surface area (Å²) >= 11 is 0. The third-order valence-electron chi connectivity index (χ3n) is 3.32. The lowest BCUT2D eigenvalue weighted by Crippen LogP contribution is -2.18. The van der Waals surface area contributed by atoms with Crippen LogP contribution in [0.4, 0.5) is 5.82 Å². The predicted molar refractivity (Wildman–Crippen MR) is 76.5 cm³/mol. The van der Waals surface area contributed by atoms with Gasteiger partial charge < -0.3 is 14.4 Å². The van der Waals surface area contributed by atoms with E-state index < -0.39 is 0 Å². The molecule has 1 saturated heterocycles. The minimum atomic E-state index is 0.551. The van der Waals surface area contributed by atoms with Gasteiger partial charge in [-0.15, -0.1) is 0 Å². The zero-order valence-electron chi connectivity index (χ0n) is 11.5. The molecule has 2 heterocycles. The van der Waals surface area contributed by atoms with Gasteiger partial charge in [0, 0.05) is 25.2 Å². The number of hydrogen-bond donors (Lipinski definition) is 0. The van der Waals surface area contributed by atoms with Crippen molar-refractivity contribution >= 4 is 5.82 Å². The van der Waals surface area contributed by atoms with Crippen LogP contribution in [0.3, 0.4) is 0 Å². The molecule has 0 spiro atoms. The molecule has 1 aliphatic rings. The number of nitrogens with zero attached hydrogens (tertiary/aromatic N) is 3. The van der Waals surface area contributed by atoms with Crippen LogP contribution in [0.5, 0.6) is 17.4 Å². The average molecular weight is 271 g/mol. The Morgan fingerprint density at radius 1 is 1.05 bits per heavy atom. The Labute approximate surface area is 118 Å². The van der Waals surface area contributed by atoms with Crippen molar-refractivity contribution in [1.29, 1.82) is 0 Å². The summed E-state index contributed by atoms with van der Waals surface area (Å²) in [6, 6.07) is 9.35. The van der Waals surface area contributed by atoms with Crippen LogP contribution in [0.15, 0.2) is 36.7 Å². The molecule has 3 rings (SSSR count). The maximum atomic E-state index is 5.76. The van der Waals surface area contributed by atoms with Gasteiger partial charge in [0.25, 0.3) is 0 Å². The Balaban J connectivity index is 1.78. The first-order valence-corrected chi connectivity index (χ1v) is 6.74. The molecule has 5 heteroatoms.